The molecule has 0 bridgehead atoms. The second-order valence-electron chi connectivity index (χ2n) is 4.70. The Morgan fingerprint density at radius 2 is 2.12 bits per heavy atom. The fraction of sp³-hybridized carbons (Fsp3) is 0.0667. The largest absolute Gasteiger partial charge is 0.504 e. The van der Waals surface area contributed by atoms with E-state index in [1.165, 1.54) is 25.5 Å². The summed E-state index contributed by atoms with van der Waals surface area (Å²) in [5.74, 6) is -0.415. The van der Waals surface area contributed by atoms with Gasteiger partial charge in [-0.25, -0.2) is 5.43 Å². The topological polar surface area (TPSA) is 140 Å². The molecule has 2 aromatic rings. The number of hydrogen-bond donors (Lipinski definition) is 3. The third kappa shape index (κ3) is 3.97. The number of non-ortho nitro benzene ring substituents is 1. The molecule has 2 aromatic carbocycles. The number of hydrazone groups is 1. The van der Waals surface area contributed by atoms with Gasteiger partial charge in [-0.1, -0.05) is 0 Å². The van der Waals surface area contributed by atoms with Gasteiger partial charge in [0.05, 0.1) is 23.8 Å². The van der Waals surface area contributed by atoms with Crippen LogP contribution in [-0.2, 0) is 0 Å². The number of phenols is 1. The van der Waals surface area contributed by atoms with Gasteiger partial charge < -0.3 is 15.6 Å². The lowest BCUT2D eigenvalue weighted by molar-refractivity contribution is -0.384. The first kappa shape index (κ1) is 16.7. The van der Waals surface area contributed by atoms with Gasteiger partial charge in [0.15, 0.2) is 11.5 Å². The van der Waals surface area contributed by atoms with Crippen LogP contribution >= 0.6 is 0 Å². The molecular formula is C15H14N4O5. The van der Waals surface area contributed by atoms with Gasteiger partial charge in [-0.2, -0.15) is 5.10 Å². The van der Waals surface area contributed by atoms with Gasteiger partial charge in [-0.3, -0.25) is 14.9 Å². The van der Waals surface area contributed by atoms with Crippen LogP contribution in [0.3, 0.4) is 0 Å². The molecule has 124 valence electrons. The van der Waals surface area contributed by atoms with Crippen LogP contribution in [0.25, 0.3) is 0 Å². The Morgan fingerprint density at radius 3 is 2.75 bits per heavy atom. The molecule has 2 rings (SSSR count). The Balaban J connectivity index is 2.10. The van der Waals surface area contributed by atoms with Crippen molar-refractivity contribution in [3.8, 4) is 11.5 Å². The number of nitro groups is 1. The number of nitrogens with two attached hydrogens (primary N) is 1. The molecule has 9 heteroatoms. The van der Waals surface area contributed by atoms with Gasteiger partial charge in [0.25, 0.3) is 11.6 Å². The highest BCUT2D eigenvalue weighted by atomic mass is 16.6. The summed E-state index contributed by atoms with van der Waals surface area (Å²) in [6.07, 6.45) is 1.30. The summed E-state index contributed by atoms with van der Waals surface area (Å²) >= 11 is 0. The van der Waals surface area contributed by atoms with Crippen LogP contribution in [-0.4, -0.2) is 29.3 Å². The normalized spacial score (nSPS) is 10.5. The zero-order valence-corrected chi connectivity index (χ0v) is 12.6. The lowest BCUT2D eigenvalue weighted by atomic mass is 10.1. The molecule has 0 saturated carbocycles. The maximum Gasteiger partial charge on any atom is 0.272 e. The first-order chi connectivity index (χ1) is 11.4. The maximum absolute atomic E-state index is 12.0. The van der Waals surface area contributed by atoms with E-state index in [-0.39, 0.29) is 22.7 Å². The standard InChI is InChI=1S/C15H14N4O5/c1-24-14-3-2-9(4-13(14)20)8-17-18-15(21)10-5-11(16)7-12(6-10)19(22)23/h2-8,20H,16H2,1H3,(H,18,21). The second kappa shape index (κ2) is 7.09. The number of rotatable bonds is 5. The van der Waals surface area contributed by atoms with Crippen molar-refractivity contribution in [2.24, 2.45) is 5.10 Å². The number of aromatic hydroxyl groups is 1. The minimum Gasteiger partial charge on any atom is -0.504 e. The van der Waals surface area contributed by atoms with Crippen molar-refractivity contribution in [3.63, 3.8) is 0 Å². The number of hydrogen-bond acceptors (Lipinski definition) is 7. The van der Waals surface area contributed by atoms with Gasteiger partial charge in [0, 0.05) is 17.8 Å². The molecule has 0 saturated heterocycles. The number of benzene rings is 2. The highest BCUT2D eigenvalue weighted by Gasteiger charge is 2.13. The molecule has 24 heavy (non-hydrogen) atoms. The third-order valence-electron chi connectivity index (χ3n) is 3.00. The van der Waals surface area contributed by atoms with Gasteiger partial charge in [0.1, 0.15) is 0 Å². The first-order valence-electron chi connectivity index (χ1n) is 6.66. The van der Waals surface area contributed by atoms with Crippen molar-refractivity contribution < 1.29 is 19.6 Å². The SMILES string of the molecule is COc1ccc(C=NNC(=O)c2cc(N)cc([N+](=O)[O-])c2)cc1O. The Bertz CT molecular complexity index is 820. The van der Waals surface area contributed by atoms with E-state index in [4.69, 9.17) is 10.5 Å². The van der Waals surface area contributed by atoms with E-state index in [0.29, 0.717) is 11.3 Å². The van der Waals surface area contributed by atoms with Crippen molar-refractivity contribution >= 4 is 23.5 Å². The van der Waals surface area contributed by atoms with E-state index >= 15 is 0 Å². The van der Waals surface area contributed by atoms with E-state index in [1.807, 2.05) is 0 Å². The minimum atomic E-state index is -0.653. The molecule has 4 N–H and O–H groups in total. The molecule has 1 amide bonds. The molecule has 0 atom stereocenters. The minimum absolute atomic E-state index is 0.0106. The zero-order chi connectivity index (χ0) is 17.7. The molecule has 0 aromatic heterocycles. The van der Waals surface area contributed by atoms with E-state index in [1.54, 1.807) is 12.1 Å². The van der Waals surface area contributed by atoms with E-state index in [2.05, 4.69) is 10.5 Å². The molecule has 0 unspecified atom stereocenters. The van der Waals surface area contributed by atoms with E-state index < -0.39 is 10.8 Å². The number of phenolic OH excluding ortho intramolecular Hbond substituents is 1. The summed E-state index contributed by atoms with van der Waals surface area (Å²) < 4.78 is 4.91. The monoisotopic (exact) mass is 330 g/mol. The predicted molar refractivity (Wildman–Crippen MR) is 87.2 cm³/mol. The van der Waals surface area contributed by atoms with Crippen molar-refractivity contribution in [3.05, 3.63) is 57.6 Å². The molecule has 0 fully saturated rings. The summed E-state index contributed by atoms with van der Waals surface area (Å²) in [5.41, 5.74) is 8.10. The summed E-state index contributed by atoms with van der Waals surface area (Å²) in [4.78, 5) is 22.1. The van der Waals surface area contributed by atoms with Crippen molar-refractivity contribution in [2.75, 3.05) is 12.8 Å². The Labute approximate surface area is 136 Å². The Kier molecular flexibility index (Phi) is 4.95. The quantitative estimate of drug-likeness (QED) is 0.329. The van der Waals surface area contributed by atoms with Gasteiger partial charge >= 0.3 is 0 Å². The number of carbonyl (C=O) groups is 1. The summed E-state index contributed by atoms with van der Waals surface area (Å²) in [6, 6.07) is 8.12. The highest BCUT2D eigenvalue weighted by Crippen LogP contribution is 2.25. The average molecular weight is 330 g/mol. The maximum atomic E-state index is 12.0. The number of carbonyl (C=O) groups excluding carboxylic acids is 1. The molecule has 9 nitrogen and oxygen atoms in total. The summed E-state index contributed by atoms with van der Waals surface area (Å²) in [7, 11) is 1.42. The van der Waals surface area contributed by atoms with Crippen LogP contribution < -0.4 is 15.9 Å². The summed E-state index contributed by atoms with van der Waals surface area (Å²) in [6.45, 7) is 0. The number of nitrogens with one attached hydrogen (secondary N) is 1. The molecule has 0 aliphatic carbocycles. The number of methoxy groups -OCH3 is 1. The number of nitrogen functional groups attached to an aromatic ring is 1. The van der Waals surface area contributed by atoms with Crippen molar-refractivity contribution in [1.29, 1.82) is 0 Å². The van der Waals surface area contributed by atoms with Gasteiger partial charge in [-0.05, 0) is 29.8 Å². The Hall–Kier alpha value is -3.62. The van der Waals surface area contributed by atoms with E-state index in [9.17, 15) is 20.0 Å². The van der Waals surface area contributed by atoms with Crippen LogP contribution in [0.15, 0.2) is 41.5 Å². The average Bonchev–Trinajstić information content (AvgIpc) is 2.54. The molecule has 0 heterocycles. The fourth-order valence-corrected chi connectivity index (χ4v) is 1.89. The van der Waals surface area contributed by atoms with Gasteiger partial charge in [0.2, 0.25) is 0 Å². The summed E-state index contributed by atoms with van der Waals surface area (Å²) in [5, 5.41) is 24.1. The zero-order valence-electron chi connectivity index (χ0n) is 12.6. The number of nitro benzene ring substituents is 1. The molecule has 0 aliphatic rings. The first-order valence-corrected chi connectivity index (χ1v) is 6.66. The molecule has 0 radical (unpaired) electrons. The smallest absolute Gasteiger partial charge is 0.272 e. The van der Waals surface area contributed by atoms with Crippen LogP contribution in [0.2, 0.25) is 0 Å². The highest BCUT2D eigenvalue weighted by molar-refractivity contribution is 5.96. The lowest BCUT2D eigenvalue weighted by Crippen LogP contribution is -2.18. The molecule has 0 spiro atoms. The second-order valence-corrected chi connectivity index (χ2v) is 4.70. The predicted octanol–water partition coefficient (Wildman–Crippen LogP) is 1.66. The van der Waals surface area contributed by atoms with Crippen LogP contribution in [0.1, 0.15) is 15.9 Å². The number of amides is 1. The molecular weight excluding hydrogens is 316 g/mol. The van der Waals surface area contributed by atoms with Crippen LogP contribution in [0.5, 0.6) is 11.5 Å². The Morgan fingerprint density at radius 1 is 1.38 bits per heavy atom. The lowest BCUT2D eigenvalue weighted by Gasteiger charge is -2.04. The molecule has 0 aliphatic heterocycles. The van der Waals surface area contributed by atoms with E-state index in [0.717, 1.165) is 12.1 Å². The number of anilines is 1. The third-order valence-corrected chi connectivity index (χ3v) is 3.00. The number of nitrogens with zero attached hydrogens (tertiary/aromatic N) is 2. The fourth-order valence-electron chi connectivity index (χ4n) is 1.89. The van der Waals surface area contributed by atoms with Gasteiger partial charge in [-0.15, -0.1) is 0 Å². The van der Waals surface area contributed by atoms with Crippen LogP contribution in [0.4, 0.5) is 11.4 Å². The van der Waals surface area contributed by atoms with Crippen molar-refractivity contribution in [2.45, 2.75) is 0 Å². The number of ether oxygens (including phenoxy) is 1. The van der Waals surface area contributed by atoms with Crippen LogP contribution in [0, 0.1) is 10.1 Å². The van der Waals surface area contributed by atoms with Crippen molar-refractivity contribution in [1.82, 2.24) is 5.43 Å².